The maximum atomic E-state index is 6.43. The average molecular weight is 287 g/mol. The summed E-state index contributed by atoms with van der Waals surface area (Å²) in [6.07, 6.45) is 7.83. The highest BCUT2D eigenvalue weighted by molar-refractivity contribution is 5.23. The zero-order valence-electron chi connectivity index (χ0n) is 13.4. The number of rotatable bonds is 8. The zero-order valence-corrected chi connectivity index (χ0v) is 13.4. The SMILES string of the molecule is C=CCN1CCC(OCCCCC)(c2ccccc2)CC1. The highest BCUT2D eigenvalue weighted by atomic mass is 16.5. The van der Waals surface area contributed by atoms with E-state index in [0.717, 1.165) is 39.1 Å². The molecule has 0 aromatic heterocycles. The summed E-state index contributed by atoms with van der Waals surface area (Å²) in [6.45, 7) is 10.1. The smallest absolute Gasteiger partial charge is 0.0955 e. The van der Waals surface area contributed by atoms with Crippen molar-refractivity contribution in [1.82, 2.24) is 4.90 Å². The Balaban J connectivity index is 2.03. The molecule has 1 heterocycles. The van der Waals surface area contributed by atoms with Crippen molar-refractivity contribution in [1.29, 1.82) is 0 Å². The minimum atomic E-state index is -0.0767. The minimum absolute atomic E-state index is 0.0767. The zero-order chi connectivity index (χ0) is 15.0. The molecule has 21 heavy (non-hydrogen) atoms. The van der Waals surface area contributed by atoms with Crippen LogP contribution in [0.2, 0.25) is 0 Å². The second kappa shape index (κ2) is 8.35. The molecular formula is C19H29NO. The van der Waals surface area contributed by atoms with Gasteiger partial charge in [-0.3, -0.25) is 4.90 Å². The third kappa shape index (κ3) is 4.42. The van der Waals surface area contributed by atoms with Crippen LogP contribution in [-0.2, 0) is 10.3 Å². The maximum absolute atomic E-state index is 6.43. The molecule has 0 bridgehead atoms. The first-order chi connectivity index (χ1) is 10.3. The highest BCUT2D eigenvalue weighted by Gasteiger charge is 2.36. The molecule has 0 spiro atoms. The van der Waals surface area contributed by atoms with Crippen molar-refractivity contribution < 1.29 is 4.74 Å². The lowest BCUT2D eigenvalue weighted by atomic mass is 9.84. The molecule has 0 saturated carbocycles. The van der Waals surface area contributed by atoms with Gasteiger partial charge >= 0.3 is 0 Å². The monoisotopic (exact) mass is 287 g/mol. The van der Waals surface area contributed by atoms with Crippen LogP contribution in [0, 0.1) is 0 Å². The number of hydrogen-bond acceptors (Lipinski definition) is 2. The van der Waals surface area contributed by atoms with E-state index in [1.807, 2.05) is 6.08 Å². The lowest BCUT2D eigenvalue weighted by molar-refractivity contribution is -0.0896. The standard InChI is InChI=1S/C19H29NO/c1-3-5-9-17-21-19(18-10-7-6-8-11-18)12-15-20(14-4-2)16-13-19/h4,6-8,10-11H,2-3,5,9,12-17H2,1H3. The number of nitrogens with zero attached hydrogens (tertiary/aromatic N) is 1. The molecule has 1 fully saturated rings. The lowest BCUT2D eigenvalue weighted by Gasteiger charge is -2.42. The van der Waals surface area contributed by atoms with Gasteiger partial charge in [0.2, 0.25) is 0 Å². The first-order valence-corrected chi connectivity index (χ1v) is 8.33. The van der Waals surface area contributed by atoms with Gasteiger partial charge in [-0.25, -0.2) is 0 Å². The number of piperidine rings is 1. The molecule has 0 N–H and O–H groups in total. The summed E-state index contributed by atoms with van der Waals surface area (Å²) in [5.74, 6) is 0. The van der Waals surface area contributed by atoms with Crippen molar-refractivity contribution in [3.8, 4) is 0 Å². The van der Waals surface area contributed by atoms with Crippen LogP contribution in [0.1, 0.15) is 44.6 Å². The van der Waals surface area contributed by atoms with E-state index in [9.17, 15) is 0 Å². The van der Waals surface area contributed by atoms with Gasteiger partial charge in [0.15, 0.2) is 0 Å². The Bertz CT molecular complexity index is 407. The molecule has 0 aliphatic carbocycles. The largest absolute Gasteiger partial charge is 0.370 e. The van der Waals surface area contributed by atoms with Gasteiger partial charge in [0.25, 0.3) is 0 Å². The summed E-state index contributed by atoms with van der Waals surface area (Å²) in [5, 5.41) is 0. The fourth-order valence-electron chi connectivity index (χ4n) is 3.16. The third-order valence-electron chi connectivity index (χ3n) is 4.48. The second-order valence-corrected chi connectivity index (χ2v) is 6.01. The average Bonchev–Trinajstić information content (AvgIpc) is 2.54. The summed E-state index contributed by atoms with van der Waals surface area (Å²) >= 11 is 0. The molecule has 1 saturated heterocycles. The van der Waals surface area contributed by atoms with Crippen molar-refractivity contribution in [3.63, 3.8) is 0 Å². The van der Waals surface area contributed by atoms with E-state index in [2.05, 4.69) is 48.7 Å². The van der Waals surface area contributed by atoms with E-state index in [4.69, 9.17) is 4.74 Å². The van der Waals surface area contributed by atoms with Crippen LogP contribution in [0.15, 0.2) is 43.0 Å². The quantitative estimate of drug-likeness (QED) is 0.520. The third-order valence-corrected chi connectivity index (χ3v) is 4.48. The lowest BCUT2D eigenvalue weighted by Crippen LogP contribution is -2.44. The molecule has 116 valence electrons. The minimum Gasteiger partial charge on any atom is -0.370 e. The van der Waals surface area contributed by atoms with E-state index < -0.39 is 0 Å². The van der Waals surface area contributed by atoms with Crippen molar-refractivity contribution in [2.24, 2.45) is 0 Å². The van der Waals surface area contributed by atoms with Crippen LogP contribution in [0.25, 0.3) is 0 Å². The van der Waals surface area contributed by atoms with Crippen molar-refractivity contribution >= 4 is 0 Å². The molecule has 0 amide bonds. The molecule has 0 atom stereocenters. The van der Waals surface area contributed by atoms with Crippen molar-refractivity contribution in [3.05, 3.63) is 48.6 Å². The van der Waals surface area contributed by atoms with Gasteiger partial charge in [0, 0.05) is 26.2 Å². The highest BCUT2D eigenvalue weighted by Crippen LogP contribution is 2.36. The number of benzene rings is 1. The van der Waals surface area contributed by atoms with Gasteiger partial charge in [-0.1, -0.05) is 56.2 Å². The van der Waals surface area contributed by atoms with Crippen LogP contribution in [-0.4, -0.2) is 31.1 Å². The predicted octanol–water partition coefficient (Wildman–Crippen LogP) is 4.37. The van der Waals surface area contributed by atoms with Gasteiger partial charge in [0.1, 0.15) is 0 Å². The number of hydrogen-bond donors (Lipinski definition) is 0. The van der Waals surface area contributed by atoms with Crippen LogP contribution < -0.4 is 0 Å². The number of ether oxygens (including phenoxy) is 1. The van der Waals surface area contributed by atoms with Gasteiger partial charge in [0.05, 0.1) is 5.60 Å². The normalized spacial score (nSPS) is 18.5. The summed E-state index contributed by atoms with van der Waals surface area (Å²) < 4.78 is 6.43. The van der Waals surface area contributed by atoms with Crippen LogP contribution in [0.4, 0.5) is 0 Å². The molecule has 1 aromatic carbocycles. The molecule has 2 heteroatoms. The van der Waals surface area contributed by atoms with Gasteiger partial charge < -0.3 is 4.74 Å². The molecule has 2 rings (SSSR count). The molecule has 1 aliphatic heterocycles. The Morgan fingerprint density at radius 3 is 2.52 bits per heavy atom. The number of likely N-dealkylation sites (tertiary alicyclic amines) is 1. The summed E-state index contributed by atoms with van der Waals surface area (Å²) in [6, 6.07) is 10.8. The van der Waals surface area contributed by atoms with E-state index in [1.54, 1.807) is 0 Å². The molecule has 0 unspecified atom stereocenters. The van der Waals surface area contributed by atoms with Gasteiger partial charge in [-0.05, 0) is 24.8 Å². The predicted molar refractivity (Wildman–Crippen MR) is 89.5 cm³/mol. The molecule has 2 nitrogen and oxygen atoms in total. The Kier molecular flexibility index (Phi) is 6.47. The molecule has 1 aliphatic rings. The Morgan fingerprint density at radius 2 is 1.90 bits per heavy atom. The second-order valence-electron chi connectivity index (χ2n) is 6.01. The summed E-state index contributed by atoms with van der Waals surface area (Å²) in [7, 11) is 0. The van der Waals surface area contributed by atoms with Gasteiger partial charge in [-0.15, -0.1) is 6.58 Å². The fourth-order valence-corrected chi connectivity index (χ4v) is 3.16. The Labute approximate surface area is 129 Å². The van der Waals surface area contributed by atoms with Crippen molar-refractivity contribution in [2.75, 3.05) is 26.2 Å². The van der Waals surface area contributed by atoms with E-state index in [-0.39, 0.29) is 5.60 Å². The molecular weight excluding hydrogens is 258 g/mol. The van der Waals surface area contributed by atoms with Crippen LogP contribution in [0.3, 0.4) is 0 Å². The van der Waals surface area contributed by atoms with Gasteiger partial charge in [-0.2, -0.15) is 0 Å². The van der Waals surface area contributed by atoms with E-state index >= 15 is 0 Å². The Morgan fingerprint density at radius 1 is 1.19 bits per heavy atom. The summed E-state index contributed by atoms with van der Waals surface area (Å²) in [4.78, 5) is 2.46. The van der Waals surface area contributed by atoms with E-state index in [1.165, 1.54) is 24.8 Å². The fraction of sp³-hybridized carbons (Fsp3) is 0.579. The summed E-state index contributed by atoms with van der Waals surface area (Å²) in [5.41, 5.74) is 1.27. The maximum Gasteiger partial charge on any atom is 0.0955 e. The first-order valence-electron chi connectivity index (χ1n) is 8.33. The number of unbranched alkanes of at least 4 members (excludes halogenated alkanes) is 2. The first kappa shape index (κ1) is 16.3. The van der Waals surface area contributed by atoms with Crippen LogP contribution in [0.5, 0.6) is 0 Å². The van der Waals surface area contributed by atoms with Crippen LogP contribution >= 0.6 is 0 Å². The Hall–Kier alpha value is -1.12. The topological polar surface area (TPSA) is 12.5 Å². The molecule has 0 radical (unpaired) electrons. The molecule has 1 aromatic rings. The van der Waals surface area contributed by atoms with E-state index in [0.29, 0.717) is 0 Å². The van der Waals surface area contributed by atoms with Crippen molar-refractivity contribution in [2.45, 2.75) is 44.6 Å².